The quantitative estimate of drug-likeness (QED) is 0.744. The second-order valence-electron chi connectivity index (χ2n) is 4.70. The molecule has 0 fully saturated rings. The van der Waals surface area contributed by atoms with Gasteiger partial charge in [-0.05, 0) is 30.3 Å². The normalized spacial score (nSPS) is 10.3. The van der Waals surface area contributed by atoms with Crippen LogP contribution in [-0.4, -0.2) is 18.0 Å². The number of nitrogens with zero attached hydrogens (tertiary/aromatic N) is 1. The minimum atomic E-state index is -0.247. The molecule has 0 aliphatic heterocycles. The fraction of sp³-hybridized carbons (Fsp3) is 0.0588. The van der Waals surface area contributed by atoms with E-state index in [2.05, 4.69) is 10.3 Å². The largest absolute Gasteiger partial charge is 0.497 e. The minimum absolute atomic E-state index is 0.247. The third kappa shape index (κ3) is 3.52. The Labute approximate surface area is 142 Å². The molecule has 0 spiro atoms. The van der Waals surface area contributed by atoms with Crippen LogP contribution in [-0.2, 0) is 0 Å². The van der Waals surface area contributed by atoms with E-state index >= 15 is 0 Å². The van der Waals surface area contributed by atoms with Gasteiger partial charge < -0.3 is 10.1 Å². The molecule has 0 bridgehead atoms. The van der Waals surface area contributed by atoms with Crippen molar-refractivity contribution in [2.24, 2.45) is 0 Å². The summed E-state index contributed by atoms with van der Waals surface area (Å²) in [5, 5.41) is 5.75. The summed E-state index contributed by atoms with van der Waals surface area (Å²) in [6, 6.07) is 14.6. The van der Waals surface area contributed by atoms with Crippen LogP contribution in [0.25, 0.3) is 10.6 Å². The van der Waals surface area contributed by atoms with E-state index in [1.54, 1.807) is 18.6 Å². The van der Waals surface area contributed by atoms with Crippen LogP contribution in [0.2, 0.25) is 5.02 Å². The molecule has 1 amide bonds. The van der Waals surface area contributed by atoms with Crippen LogP contribution in [0.5, 0.6) is 5.75 Å². The van der Waals surface area contributed by atoms with Crippen molar-refractivity contribution in [3.8, 4) is 16.3 Å². The Kier molecular flexibility index (Phi) is 4.60. The molecule has 0 saturated heterocycles. The molecule has 0 radical (unpaired) electrons. The summed E-state index contributed by atoms with van der Waals surface area (Å²) in [5.74, 6) is 0.431. The lowest BCUT2D eigenvalue weighted by Gasteiger charge is -2.04. The van der Waals surface area contributed by atoms with Crippen LogP contribution >= 0.6 is 22.9 Å². The van der Waals surface area contributed by atoms with Gasteiger partial charge in [-0.25, -0.2) is 4.98 Å². The van der Waals surface area contributed by atoms with E-state index in [0.717, 1.165) is 11.3 Å². The monoisotopic (exact) mass is 344 g/mol. The molecular formula is C17H13ClN2O2S. The highest BCUT2D eigenvalue weighted by molar-refractivity contribution is 7.13. The van der Waals surface area contributed by atoms with E-state index in [1.807, 2.05) is 42.5 Å². The number of methoxy groups -OCH3 is 1. The Balaban J connectivity index is 1.81. The van der Waals surface area contributed by atoms with Crippen LogP contribution in [0.15, 0.2) is 53.9 Å². The van der Waals surface area contributed by atoms with Crippen molar-refractivity contribution in [3.63, 3.8) is 0 Å². The summed E-state index contributed by atoms with van der Waals surface area (Å²) in [5.41, 5.74) is 1.87. The zero-order chi connectivity index (χ0) is 16.2. The second-order valence-corrected chi connectivity index (χ2v) is 5.97. The predicted molar refractivity (Wildman–Crippen MR) is 93.5 cm³/mol. The van der Waals surface area contributed by atoms with Gasteiger partial charge in [0, 0.05) is 16.6 Å². The minimum Gasteiger partial charge on any atom is -0.497 e. The van der Waals surface area contributed by atoms with Gasteiger partial charge in [0.15, 0.2) is 0 Å². The van der Waals surface area contributed by atoms with Crippen molar-refractivity contribution in [1.82, 2.24) is 4.98 Å². The predicted octanol–water partition coefficient (Wildman–Crippen LogP) is 4.72. The van der Waals surface area contributed by atoms with Gasteiger partial charge >= 0.3 is 0 Å². The molecule has 0 atom stereocenters. The lowest BCUT2D eigenvalue weighted by molar-refractivity contribution is 0.102. The van der Waals surface area contributed by atoms with Crippen molar-refractivity contribution < 1.29 is 9.53 Å². The van der Waals surface area contributed by atoms with Crippen molar-refractivity contribution in [2.75, 3.05) is 12.4 Å². The maximum Gasteiger partial charge on any atom is 0.275 e. The number of hydrogen-bond acceptors (Lipinski definition) is 4. The Morgan fingerprint density at radius 1 is 1.22 bits per heavy atom. The number of nitrogens with one attached hydrogen (secondary N) is 1. The molecule has 1 heterocycles. The number of carbonyl (C=O) groups excluding carboxylic acids is 1. The lowest BCUT2D eigenvalue weighted by atomic mass is 10.2. The highest BCUT2D eigenvalue weighted by Crippen LogP contribution is 2.33. The van der Waals surface area contributed by atoms with Gasteiger partial charge in [-0.15, -0.1) is 11.3 Å². The number of para-hydroxylation sites is 1. The van der Waals surface area contributed by atoms with Gasteiger partial charge in [0.1, 0.15) is 16.5 Å². The molecule has 4 nitrogen and oxygen atoms in total. The van der Waals surface area contributed by atoms with Crippen LogP contribution in [0, 0.1) is 0 Å². The highest BCUT2D eigenvalue weighted by atomic mass is 35.5. The molecule has 23 heavy (non-hydrogen) atoms. The SMILES string of the molecule is COc1ccc(-c2nc(C(=O)Nc3ccccc3)cs2)c(Cl)c1. The van der Waals surface area contributed by atoms with Gasteiger partial charge in [0.2, 0.25) is 0 Å². The average Bonchev–Trinajstić information content (AvgIpc) is 3.05. The summed E-state index contributed by atoms with van der Waals surface area (Å²) in [6.07, 6.45) is 0. The number of rotatable bonds is 4. The summed E-state index contributed by atoms with van der Waals surface area (Å²) < 4.78 is 5.13. The number of ether oxygens (including phenoxy) is 1. The van der Waals surface area contributed by atoms with Gasteiger partial charge in [-0.2, -0.15) is 0 Å². The summed E-state index contributed by atoms with van der Waals surface area (Å²) in [6.45, 7) is 0. The molecule has 0 aliphatic carbocycles. The van der Waals surface area contributed by atoms with Gasteiger partial charge in [-0.3, -0.25) is 4.79 Å². The number of thiazole rings is 1. The van der Waals surface area contributed by atoms with E-state index in [0.29, 0.717) is 21.5 Å². The molecule has 1 aromatic heterocycles. The van der Waals surface area contributed by atoms with Crippen molar-refractivity contribution >= 4 is 34.5 Å². The second kappa shape index (κ2) is 6.81. The number of amides is 1. The molecule has 0 unspecified atom stereocenters. The van der Waals surface area contributed by atoms with E-state index in [-0.39, 0.29) is 5.91 Å². The van der Waals surface area contributed by atoms with E-state index in [1.165, 1.54) is 11.3 Å². The molecule has 0 aliphatic rings. The smallest absolute Gasteiger partial charge is 0.275 e. The van der Waals surface area contributed by atoms with Gasteiger partial charge in [-0.1, -0.05) is 29.8 Å². The molecule has 116 valence electrons. The van der Waals surface area contributed by atoms with Crippen LogP contribution < -0.4 is 10.1 Å². The topological polar surface area (TPSA) is 51.2 Å². The van der Waals surface area contributed by atoms with Crippen LogP contribution in [0.4, 0.5) is 5.69 Å². The average molecular weight is 345 g/mol. The third-order valence-electron chi connectivity index (χ3n) is 3.18. The summed E-state index contributed by atoms with van der Waals surface area (Å²) in [4.78, 5) is 16.6. The Hall–Kier alpha value is -2.37. The first-order valence-electron chi connectivity index (χ1n) is 6.83. The Morgan fingerprint density at radius 2 is 2.00 bits per heavy atom. The first kappa shape index (κ1) is 15.5. The molecule has 3 rings (SSSR count). The highest BCUT2D eigenvalue weighted by Gasteiger charge is 2.14. The molecule has 3 aromatic rings. The number of aromatic nitrogens is 1. The molecule has 0 saturated carbocycles. The number of hydrogen-bond donors (Lipinski definition) is 1. The number of benzene rings is 2. The van der Waals surface area contributed by atoms with E-state index < -0.39 is 0 Å². The fourth-order valence-electron chi connectivity index (χ4n) is 2.01. The Bertz CT molecular complexity index is 834. The maximum atomic E-state index is 12.2. The van der Waals surface area contributed by atoms with E-state index in [9.17, 15) is 4.79 Å². The van der Waals surface area contributed by atoms with Crippen LogP contribution in [0.1, 0.15) is 10.5 Å². The van der Waals surface area contributed by atoms with Crippen LogP contribution in [0.3, 0.4) is 0 Å². The number of anilines is 1. The molecular weight excluding hydrogens is 332 g/mol. The first-order chi connectivity index (χ1) is 11.2. The standard InChI is InChI=1S/C17H13ClN2O2S/c1-22-12-7-8-13(14(18)9-12)17-20-15(10-23-17)16(21)19-11-5-3-2-4-6-11/h2-10H,1H3,(H,19,21). The van der Waals surface area contributed by atoms with Gasteiger partial charge in [0.05, 0.1) is 12.1 Å². The van der Waals surface area contributed by atoms with E-state index in [4.69, 9.17) is 16.3 Å². The maximum absolute atomic E-state index is 12.2. The zero-order valence-electron chi connectivity index (χ0n) is 12.2. The molecule has 1 N–H and O–H groups in total. The van der Waals surface area contributed by atoms with Crippen molar-refractivity contribution in [1.29, 1.82) is 0 Å². The lowest BCUT2D eigenvalue weighted by Crippen LogP contribution is -2.12. The molecule has 2 aromatic carbocycles. The third-order valence-corrected chi connectivity index (χ3v) is 4.36. The summed E-state index contributed by atoms with van der Waals surface area (Å²) >= 11 is 7.62. The summed E-state index contributed by atoms with van der Waals surface area (Å²) in [7, 11) is 1.58. The Morgan fingerprint density at radius 3 is 2.70 bits per heavy atom. The van der Waals surface area contributed by atoms with Crippen molar-refractivity contribution in [2.45, 2.75) is 0 Å². The van der Waals surface area contributed by atoms with Gasteiger partial charge in [0.25, 0.3) is 5.91 Å². The number of halogens is 1. The fourth-order valence-corrected chi connectivity index (χ4v) is 3.17. The number of carbonyl (C=O) groups is 1. The first-order valence-corrected chi connectivity index (χ1v) is 8.09. The van der Waals surface area contributed by atoms with Crippen molar-refractivity contribution in [3.05, 3.63) is 64.6 Å². The molecule has 6 heteroatoms. The zero-order valence-corrected chi connectivity index (χ0v) is 13.8.